The van der Waals surface area contributed by atoms with Crippen LogP contribution in [-0.2, 0) is 17.9 Å². The molecule has 3 aliphatic rings. The first-order chi connectivity index (χ1) is 15.1. The van der Waals surface area contributed by atoms with E-state index in [9.17, 15) is 4.79 Å². The molecule has 0 unspecified atom stereocenters. The molecule has 0 bridgehead atoms. The molecule has 1 amide bonds. The van der Waals surface area contributed by atoms with E-state index >= 15 is 0 Å². The van der Waals surface area contributed by atoms with Crippen LogP contribution in [0, 0.1) is 6.92 Å². The second-order valence-corrected chi connectivity index (χ2v) is 8.39. The van der Waals surface area contributed by atoms with Gasteiger partial charge in [0, 0.05) is 38.3 Å². The summed E-state index contributed by atoms with van der Waals surface area (Å²) in [5.41, 5.74) is 5.70. The van der Waals surface area contributed by atoms with Crippen molar-refractivity contribution in [3.63, 3.8) is 0 Å². The Morgan fingerprint density at radius 3 is 2.61 bits per heavy atom. The average molecular weight is 417 g/mol. The van der Waals surface area contributed by atoms with Gasteiger partial charge in [0.15, 0.2) is 0 Å². The molecule has 31 heavy (non-hydrogen) atoms. The largest absolute Gasteiger partial charge is 0.497 e. The van der Waals surface area contributed by atoms with E-state index in [0.717, 1.165) is 49.9 Å². The van der Waals surface area contributed by atoms with Crippen molar-refractivity contribution in [2.75, 3.05) is 33.3 Å². The number of carbonyl (C=O) groups is 1. The number of methoxy groups -OCH3 is 1. The van der Waals surface area contributed by atoms with E-state index in [1.165, 1.54) is 22.4 Å². The molecule has 160 valence electrons. The number of ether oxygens (including phenoxy) is 1. The van der Waals surface area contributed by atoms with E-state index < -0.39 is 0 Å². The van der Waals surface area contributed by atoms with E-state index in [1.54, 1.807) is 7.11 Å². The molecule has 2 aromatic rings. The van der Waals surface area contributed by atoms with Gasteiger partial charge < -0.3 is 9.64 Å². The lowest BCUT2D eigenvalue weighted by Crippen LogP contribution is -2.53. The number of rotatable bonds is 5. The van der Waals surface area contributed by atoms with Crippen LogP contribution in [0.3, 0.4) is 0 Å². The van der Waals surface area contributed by atoms with Crippen molar-refractivity contribution in [2.24, 2.45) is 4.99 Å². The average Bonchev–Trinajstić information content (AvgIpc) is 3.28. The van der Waals surface area contributed by atoms with Crippen molar-refractivity contribution >= 4 is 11.9 Å². The third-order valence-corrected chi connectivity index (χ3v) is 6.44. The normalized spacial score (nSPS) is 18.8. The summed E-state index contributed by atoms with van der Waals surface area (Å²) in [5, 5.41) is 0. The van der Waals surface area contributed by atoms with E-state index in [-0.39, 0.29) is 5.91 Å². The number of benzene rings is 2. The van der Waals surface area contributed by atoms with Gasteiger partial charge in [-0.25, -0.2) is 0 Å². The van der Waals surface area contributed by atoms with Gasteiger partial charge in [0.05, 0.1) is 25.8 Å². The van der Waals surface area contributed by atoms with Crippen molar-refractivity contribution in [3.05, 3.63) is 76.5 Å². The van der Waals surface area contributed by atoms with Gasteiger partial charge in [0.25, 0.3) is 5.91 Å². The monoisotopic (exact) mass is 416 g/mol. The zero-order valence-electron chi connectivity index (χ0n) is 18.2. The summed E-state index contributed by atoms with van der Waals surface area (Å²) in [6, 6.07) is 16.5. The fraction of sp³-hybridized carbons (Fsp3) is 0.360. The maximum Gasteiger partial charge on any atom is 0.259 e. The standard InChI is InChI=1S/C25H28N4O2/c1-18-5-3-4-6-20(18)16-29-24(30)22-17-27(15-19-7-9-21(31-2)10-8-19)13-11-23(22)28-14-12-26-25(28)29/h3-10H,11-17H2,1-2H3. The van der Waals surface area contributed by atoms with Crippen molar-refractivity contribution in [1.29, 1.82) is 0 Å². The fourth-order valence-electron chi connectivity index (χ4n) is 4.70. The molecule has 0 saturated heterocycles. The highest BCUT2D eigenvalue weighted by atomic mass is 16.5. The van der Waals surface area contributed by atoms with Crippen LogP contribution in [0.5, 0.6) is 5.75 Å². The van der Waals surface area contributed by atoms with Gasteiger partial charge in [-0.15, -0.1) is 0 Å². The zero-order chi connectivity index (χ0) is 21.4. The molecule has 0 fully saturated rings. The Labute approximate surface area is 183 Å². The van der Waals surface area contributed by atoms with Gasteiger partial charge in [-0.05, 0) is 35.7 Å². The van der Waals surface area contributed by atoms with E-state index in [1.807, 2.05) is 29.2 Å². The van der Waals surface area contributed by atoms with Crippen molar-refractivity contribution in [2.45, 2.75) is 26.4 Å². The van der Waals surface area contributed by atoms with Crippen LogP contribution in [0.15, 0.2) is 64.8 Å². The molecule has 0 aromatic heterocycles. The molecule has 0 N–H and O–H groups in total. The molecule has 6 heteroatoms. The molecular formula is C25H28N4O2. The molecule has 0 spiro atoms. The van der Waals surface area contributed by atoms with E-state index in [2.05, 4.69) is 41.0 Å². The molecule has 0 saturated carbocycles. The molecule has 0 radical (unpaired) electrons. The SMILES string of the molecule is COc1ccc(CN2CCC3=C(C2)C(=O)N(Cc2ccccc2C)C2=NCCN23)cc1. The smallest absolute Gasteiger partial charge is 0.259 e. The van der Waals surface area contributed by atoms with Gasteiger partial charge in [-0.1, -0.05) is 36.4 Å². The van der Waals surface area contributed by atoms with Crippen molar-refractivity contribution in [3.8, 4) is 5.75 Å². The number of aryl methyl sites for hydroxylation is 1. The van der Waals surface area contributed by atoms with Gasteiger partial charge in [0.2, 0.25) is 5.96 Å². The first kappa shape index (κ1) is 19.8. The lowest BCUT2D eigenvalue weighted by molar-refractivity contribution is -0.125. The maximum absolute atomic E-state index is 13.6. The Bertz CT molecular complexity index is 1060. The maximum atomic E-state index is 13.6. The number of nitrogens with zero attached hydrogens (tertiary/aromatic N) is 4. The van der Waals surface area contributed by atoms with Gasteiger partial charge >= 0.3 is 0 Å². The Kier molecular flexibility index (Phi) is 5.24. The van der Waals surface area contributed by atoms with E-state index in [4.69, 9.17) is 9.73 Å². The summed E-state index contributed by atoms with van der Waals surface area (Å²) in [7, 11) is 1.68. The van der Waals surface area contributed by atoms with Crippen molar-refractivity contribution in [1.82, 2.24) is 14.7 Å². The summed E-state index contributed by atoms with van der Waals surface area (Å²) in [4.78, 5) is 24.8. The summed E-state index contributed by atoms with van der Waals surface area (Å²) in [6.45, 7) is 6.72. The first-order valence-corrected chi connectivity index (χ1v) is 10.9. The Morgan fingerprint density at radius 1 is 1.03 bits per heavy atom. The number of guanidine groups is 1. The summed E-state index contributed by atoms with van der Waals surface area (Å²) < 4.78 is 5.27. The zero-order valence-corrected chi connectivity index (χ0v) is 18.2. The molecule has 0 aliphatic carbocycles. The molecule has 6 nitrogen and oxygen atoms in total. The van der Waals surface area contributed by atoms with Crippen LogP contribution < -0.4 is 4.74 Å². The predicted octanol–water partition coefficient (Wildman–Crippen LogP) is 3.18. The molecule has 3 heterocycles. The Morgan fingerprint density at radius 2 is 1.84 bits per heavy atom. The summed E-state index contributed by atoms with van der Waals surface area (Å²) >= 11 is 0. The number of hydrogen-bond donors (Lipinski definition) is 0. The Hall–Kier alpha value is -3.12. The number of carbonyl (C=O) groups excluding carboxylic acids is 1. The highest BCUT2D eigenvalue weighted by Gasteiger charge is 2.41. The van der Waals surface area contributed by atoms with Crippen LogP contribution in [-0.4, -0.2) is 59.9 Å². The van der Waals surface area contributed by atoms with E-state index in [0.29, 0.717) is 13.1 Å². The number of hydrogen-bond acceptors (Lipinski definition) is 5. The van der Waals surface area contributed by atoms with Crippen LogP contribution in [0.4, 0.5) is 0 Å². The van der Waals surface area contributed by atoms with Crippen molar-refractivity contribution < 1.29 is 9.53 Å². The van der Waals surface area contributed by atoms with Gasteiger partial charge in [0.1, 0.15) is 5.75 Å². The second kappa shape index (κ2) is 8.19. The first-order valence-electron chi connectivity index (χ1n) is 10.9. The van der Waals surface area contributed by atoms with Crippen LogP contribution in [0.1, 0.15) is 23.1 Å². The predicted molar refractivity (Wildman–Crippen MR) is 121 cm³/mol. The number of fused-ring (bicyclic) bond motifs is 2. The number of amides is 1. The third kappa shape index (κ3) is 3.72. The van der Waals surface area contributed by atoms with Gasteiger partial charge in [-0.3, -0.25) is 19.6 Å². The van der Waals surface area contributed by atoms with Crippen LogP contribution in [0.2, 0.25) is 0 Å². The minimum absolute atomic E-state index is 0.106. The Balaban J connectivity index is 1.38. The third-order valence-electron chi connectivity index (χ3n) is 6.44. The second-order valence-electron chi connectivity index (χ2n) is 8.39. The highest BCUT2D eigenvalue weighted by molar-refractivity contribution is 6.09. The molecule has 2 aromatic carbocycles. The van der Waals surface area contributed by atoms with Gasteiger partial charge in [-0.2, -0.15) is 0 Å². The fourth-order valence-corrected chi connectivity index (χ4v) is 4.70. The van der Waals surface area contributed by atoms with Crippen LogP contribution in [0.25, 0.3) is 0 Å². The topological polar surface area (TPSA) is 48.4 Å². The minimum Gasteiger partial charge on any atom is -0.497 e. The molecule has 0 atom stereocenters. The molecule has 5 rings (SSSR count). The quantitative estimate of drug-likeness (QED) is 0.751. The summed E-state index contributed by atoms with van der Waals surface area (Å²) in [6.07, 6.45) is 0.883. The minimum atomic E-state index is 0.106. The number of aliphatic imine (C=N–C) groups is 1. The lowest BCUT2D eigenvalue weighted by atomic mass is 9.99. The summed E-state index contributed by atoms with van der Waals surface area (Å²) in [5.74, 6) is 1.80. The van der Waals surface area contributed by atoms with Crippen LogP contribution >= 0.6 is 0 Å². The molecule has 3 aliphatic heterocycles. The lowest BCUT2D eigenvalue weighted by Gasteiger charge is -2.42. The highest BCUT2D eigenvalue weighted by Crippen LogP contribution is 2.32. The molecular weight excluding hydrogens is 388 g/mol.